The fraction of sp³-hybridized carbons (Fsp3) is 0.280. The molecular formula is C25H26N6O. The van der Waals surface area contributed by atoms with Crippen LogP contribution in [0.2, 0.25) is 0 Å². The Morgan fingerprint density at radius 1 is 0.906 bits per heavy atom. The maximum atomic E-state index is 13.1. The number of hydrogen-bond donors (Lipinski definition) is 0. The number of pyridine rings is 2. The Morgan fingerprint density at radius 3 is 2.50 bits per heavy atom. The van der Waals surface area contributed by atoms with E-state index in [9.17, 15) is 4.79 Å². The summed E-state index contributed by atoms with van der Waals surface area (Å²) in [7, 11) is 0. The molecule has 32 heavy (non-hydrogen) atoms. The fourth-order valence-electron chi connectivity index (χ4n) is 4.14. The molecule has 1 amide bonds. The Kier molecular flexibility index (Phi) is 5.89. The van der Waals surface area contributed by atoms with Gasteiger partial charge < -0.3 is 9.47 Å². The van der Waals surface area contributed by atoms with Gasteiger partial charge in [0, 0.05) is 45.1 Å². The molecule has 3 aromatic heterocycles. The van der Waals surface area contributed by atoms with Gasteiger partial charge in [-0.1, -0.05) is 36.4 Å². The number of carbonyl (C=O) groups is 1. The van der Waals surface area contributed by atoms with Crippen molar-refractivity contribution in [1.29, 1.82) is 0 Å². The minimum atomic E-state index is 0.0291. The maximum Gasteiger partial charge on any atom is 0.255 e. The molecule has 7 nitrogen and oxygen atoms in total. The number of rotatable bonds is 6. The Morgan fingerprint density at radius 2 is 1.72 bits per heavy atom. The van der Waals surface area contributed by atoms with Gasteiger partial charge in [0.05, 0.1) is 24.1 Å². The van der Waals surface area contributed by atoms with Gasteiger partial charge in [-0.3, -0.25) is 14.7 Å². The summed E-state index contributed by atoms with van der Waals surface area (Å²) in [5.41, 5.74) is 4.39. The molecule has 0 atom stereocenters. The number of aromatic nitrogens is 4. The molecule has 1 aliphatic heterocycles. The minimum absolute atomic E-state index is 0.0291. The molecule has 0 unspecified atom stereocenters. The molecule has 0 N–H and O–H groups in total. The third-order valence-electron chi connectivity index (χ3n) is 5.98. The Hall–Kier alpha value is -3.58. The molecule has 5 rings (SSSR count). The first kappa shape index (κ1) is 20.3. The zero-order valence-corrected chi connectivity index (χ0v) is 18.0. The summed E-state index contributed by atoms with van der Waals surface area (Å²) in [6.07, 6.45) is 6.24. The van der Waals surface area contributed by atoms with Crippen molar-refractivity contribution in [3.8, 4) is 0 Å². The van der Waals surface area contributed by atoms with E-state index in [1.54, 1.807) is 18.7 Å². The molecule has 0 bridgehead atoms. The van der Waals surface area contributed by atoms with E-state index >= 15 is 0 Å². The highest BCUT2D eigenvalue weighted by atomic mass is 16.2. The first-order chi connectivity index (χ1) is 15.8. The highest BCUT2D eigenvalue weighted by Gasteiger charge is 2.23. The monoisotopic (exact) mass is 426 g/mol. The van der Waals surface area contributed by atoms with Crippen LogP contribution in [0.5, 0.6) is 0 Å². The predicted octanol–water partition coefficient (Wildman–Crippen LogP) is 2.88. The first-order valence-electron chi connectivity index (χ1n) is 11.0. The second-order valence-corrected chi connectivity index (χ2v) is 8.13. The van der Waals surface area contributed by atoms with Crippen LogP contribution in [0.1, 0.15) is 21.6 Å². The number of amides is 1. The summed E-state index contributed by atoms with van der Waals surface area (Å²) in [4.78, 5) is 30.8. The Balaban J connectivity index is 1.20. The molecule has 0 saturated carbocycles. The smallest absolute Gasteiger partial charge is 0.255 e. The van der Waals surface area contributed by atoms with Gasteiger partial charge in [-0.25, -0.2) is 9.97 Å². The summed E-state index contributed by atoms with van der Waals surface area (Å²) < 4.78 is 1.96. The van der Waals surface area contributed by atoms with Crippen molar-refractivity contribution in [2.45, 2.75) is 13.0 Å². The minimum Gasteiger partial charge on any atom is -0.336 e. The number of fused-ring (bicyclic) bond motifs is 1. The van der Waals surface area contributed by atoms with Crippen molar-refractivity contribution >= 4 is 17.1 Å². The van der Waals surface area contributed by atoms with E-state index in [0.29, 0.717) is 12.1 Å². The normalized spacial score (nSPS) is 14.7. The van der Waals surface area contributed by atoms with E-state index in [1.807, 2.05) is 39.8 Å². The lowest BCUT2D eigenvalue weighted by Gasteiger charge is -2.34. The molecule has 0 spiro atoms. The zero-order chi connectivity index (χ0) is 21.8. The van der Waals surface area contributed by atoms with Crippen LogP contribution in [-0.2, 0) is 13.0 Å². The summed E-state index contributed by atoms with van der Waals surface area (Å²) in [5.74, 6) is 0.0291. The third kappa shape index (κ3) is 4.53. The van der Waals surface area contributed by atoms with Crippen LogP contribution < -0.4 is 0 Å². The average Bonchev–Trinajstić information content (AvgIpc) is 3.26. The van der Waals surface area contributed by atoms with Crippen molar-refractivity contribution in [3.63, 3.8) is 0 Å². The summed E-state index contributed by atoms with van der Waals surface area (Å²) >= 11 is 0. The average molecular weight is 427 g/mol. The van der Waals surface area contributed by atoms with Crippen LogP contribution in [0.25, 0.3) is 11.2 Å². The summed E-state index contributed by atoms with van der Waals surface area (Å²) in [6.45, 7) is 4.88. The lowest BCUT2D eigenvalue weighted by molar-refractivity contribution is 0.0638. The Bertz CT molecular complexity index is 1180. The summed E-state index contributed by atoms with van der Waals surface area (Å²) in [5, 5.41) is 0. The number of hydrogen-bond acceptors (Lipinski definition) is 5. The number of carbonyl (C=O) groups excluding carboxylic acids is 1. The zero-order valence-electron chi connectivity index (χ0n) is 18.0. The molecule has 4 aromatic rings. The number of imidazole rings is 1. The highest BCUT2D eigenvalue weighted by molar-refractivity contribution is 5.96. The van der Waals surface area contributed by atoms with E-state index in [0.717, 1.165) is 56.0 Å². The van der Waals surface area contributed by atoms with Crippen LogP contribution in [0, 0.1) is 0 Å². The first-order valence-corrected chi connectivity index (χ1v) is 11.0. The van der Waals surface area contributed by atoms with Gasteiger partial charge in [0.2, 0.25) is 0 Å². The SMILES string of the molecule is O=C(c1cnc2c(c1)ncn2Cc1ccccn1)N1CCN(CCc2ccccc2)CC1. The van der Waals surface area contributed by atoms with Crippen LogP contribution in [-0.4, -0.2) is 67.9 Å². The van der Waals surface area contributed by atoms with Gasteiger partial charge in [0.15, 0.2) is 5.65 Å². The number of nitrogens with zero attached hydrogens (tertiary/aromatic N) is 6. The Labute approximate surface area is 187 Å². The molecule has 4 heterocycles. The van der Waals surface area contributed by atoms with E-state index in [2.05, 4.69) is 44.1 Å². The highest BCUT2D eigenvalue weighted by Crippen LogP contribution is 2.16. The van der Waals surface area contributed by atoms with Crippen molar-refractivity contribution in [2.75, 3.05) is 32.7 Å². The maximum absolute atomic E-state index is 13.1. The van der Waals surface area contributed by atoms with Gasteiger partial charge in [0.1, 0.15) is 5.52 Å². The van der Waals surface area contributed by atoms with E-state index < -0.39 is 0 Å². The molecule has 7 heteroatoms. The molecule has 0 aliphatic carbocycles. The lowest BCUT2D eigenvalue weighted by Crippen LogP contribution is -2.49. The predicted molar refractivity (Wildman–Crippen MR) is 123 cm³/mol. The van der Waals surface area contributed by atoms with Gasteiger partial charge in [-0.15, -0.1) is 0 Å². The van der Waals surface area contributed by atoms with Crippen molar-refractivity contribution in [1.82, 2.24) is 29.3 Å². The van der Waals surface area contributed by atoms with Crippen LogP contribution >= 0.6 is 0 Å². The molecule has 1 fully saturated rings. The standard InChI is InChI=1S/C25H26N6O/c32-25(30-14-12-29(13-15-30)11-9-20-6-2-1-3-7-20)21-16-23-24(27-17-21)31(19-28-23)18-22-8-4-5-10-26-22/h1-8,10,16-17,19H,9,11-15,18H2. The lowest BCUT2D eigenvalue weighted by atomic mass is 10.1. The van der Waals surface area contributed by atoms with Gasteiger partial charge in [-0.05, 0) is 30.2 Å². The second kappa shape index (κ2) is 9.28. The molecule has 1 aromatic carbocycles. The molecule has 162 valence electrons. The van der Waals surface area contributed by atoms with Crippen molar-refractivity contribution in [3.05, 3.63) is 90.1 Å². The largest absolute Gasteiger partial charge is 0.336 e. The third-order valence-corrected chi connectivity index (χ3v) is 5.98. The second-order valence-electron chi connectivity index (χ2n) is 8.13. The van der Waals surface area contributed by atoms with Crippen LogP contribution in [0.3, 0.4) is 0 Å². The molecule has 0 radical (unpaired) electrons. The van der Waals surface area contributed by atoms with Gasteiger partial charge in [0.25, 0.3) is 5.91 Å². The number of benzene rings is 1. The molecule has 1 aliphatic rings. The summed E-state index contributed by atoms with van der Waals surface area (Å²) in [6, 6.07) is 18.2. The number of piperazine rings is 1. The van der Waals surface area contributed by atoms with Crippen LogP contribution in [0.4, 0.5) is 0 Å². The van der Waals surface area contributed by atoms with Gasteiger partial charge >= 0.3 is 0 Å². The molecule has 1 saturated heterocycles. The van der Waals surface area contributed by atoms with E-state index in [1.165, 1.54) is 5.56 Å². The van der Waals surface area contributed by atoms with E-state index in [-0.39, 0.29) is 5.91 Å². The van der Waals surface area contributed by atoms with Crippen molar-refractivity contribution in [2.24, 2.45) is 0 Å². The quantitative estimate of drug-likeness (QED) is 0.474. The topological polar surface area (TPSA) is 67.2 Å². The molecular weight excluding hydrogens is 400 g/mol. The fourth-order valence-corrected chi connectivity index (χ4v) is 4.14. The van der Waals surface area contributed by atoms with E-state index in [4.69, 9.17) is 0 Å². The van der Waals surface area contributed by atoms with Crippen molar-refractivity contribution < 1.29 is 4.79 Å². The van der Waals surface area contributed by atoms with Crippen LogP contribution in [0.15, 0.2) is 73.3 Å². The van der Waals surface area contributed by atoms with Gasteiger partial charge in [-0.2, -0.15) is 0 Å².